The number of hydrogen-bond donors (Lipinski definition) is 0. The fourth-order valence-corrected chi connectivity index (χ4v) is 1.97. The van der Waals surface area contributed by atoms with Crippen LogP contribution in [0, 0.1) is 5.41 Å². The van der Waals surface area contributed by atoms with Crippen LogP contribution in [-0.4, -0.2) is 23.0 Å². The molecule has 1 aliphatic heterocycles. The maximum atomic E-state index is 2.56. The minimum atomic E-state index is 0.279. The molecular weight excluding hydrogens is 158 g/mol. The van der Waals surface area contributed by atoms with Gasteiger partial charge in [-0.25, -0.2) is 0 Å². The van der Waals surface area contributed by atoms with Crippen molar-refractivity contribution in [2.45, 2.75) is 53.1 Å². The number of nitrogens with zero attached hydrogens (tertiary/aromatic N) is 1. The Bertz CT molecular complexity index is 202. The van der Waals surface area contributed by atoms with Crippen molar-refractivity contribution in [2.24, 2.45) is 5.41 Å². The van der Waals surface area contributed by atoms with E-state index in [0.29, 0.717) is 11.5 Å². The predicted molar refractivity (Wildman–Crippen MR) is 58.8 cm³/mol. The van der Waals surface area contributed by atoms with Crippen molar-refractivity contribution in [3.63, 3.8) is 0 Å². The maximum Gasteiger partial charge on any atom is 0.0335 e. The van der Waals surface area contributed by atoms with Crippen LogP contribution in [0.4, 0.5) is 0 Å². The molecule has 1 rings (SSSR count). The van der Waals surface area contributed by atoms with Gasteiger partial charge in [0.25, 0.3) is 0 Å². The molecule has 1 aliphatic rings. The van der Waals surface area contributed by atoms with E-state index in [2.05, 4.69) is 58.6 Å². The molecule has 0 saturated carbocycles. The van der Waals surface area contributed by atoms with Crippen molar-refractivity contribution in [1.82, 2.24) is 4.90 Å². The Kier molecular flexibility index (Phi) is 2.59. The third-order valence-electron chi connectivity index (χ3n) is 2.71. The highest BCUT2D eigenvalue weighted by atomic mass is 15.2. The van der Waals surface area contributed by atoms with Crippen LogP contribution in [0.2, 0.25) is 0 Å². The maximum absolute atomic E-state index is 2.56. The lowest BCUT2D eigenvalue weighted by atomic mass is 9.85. The molecule has 0 bridgehead atoms. The van der Waals surface area contributed by atoms with Crippen molar-refractivity contribution in [3.8, 4) is 0 Å². The quantitative estimate of drug-likeness (QED) is 0.519. The van der Waals surface area contributed by atoms with Crippen molar-refractivity contribution >= 4 is 0 Å². The Morgan fingerprint density at radius 2 is 1.62 bits per heavy atom. The molecule has 13 heavy (non-hydrogen) atoms. The van der Waals surface area contributed by atoms with E-state index in [1.165, 1.54) is 0 Å². The molecule has 1 heteroatoms. The van der Waals surface area contributed by atoms with E-state index < -0.39 is 0 Å². The van der Waals surface area contributed by atoms with E-state index in [1.54, 1.807) is 0 Å². The first-order valence-electron chi connectivity index (χ1n) is 5.16. The SMILES string of the molecule is CC(C)(C)[C@@H]1C=CCN1C(C)(C)C. The van der Waals surface area contributed by atoms with Crippen molar-refractivity contribution < 1.29 is 0 Å². The van der Waals surface area contributed by atoms with E-state index in [0.717, 1.165) is 6.54 Å². The Morgan fingerprint density at radius 3 is 1.92 bits per heavy atom. The lowest BCUT2D eigenvalue weighted by Gasteiger charge is -2.42. The van der Waals surface area contributed by atoms with Gasteiger partial charge in [-0.15, -0.1) is 0 Å². The van der Waals surface area contributed by atoms with Crippen LogP contribution in [0.15, 0.2) is 12.2 Å². The van der Waals surface area contributed by atoms with Gasteiger partial charge in [0.1, 0.15) is 0 Å². The van der Waals surface area contributed by atoms with Crippen molar-refractivity contribution in [2.75, 3.05) is 6.54 Å². The van der Waals surface area contributed by atoms with E-state index in [4.69, 9.17) is 0 Å². The van der Waals surface area contributed by atoms with Gasteiger partial charge in [0.2, 0.25) is 0 Å². The average Bonchev–Trinajstić information content (AvgIpc) is 2.27. The van der Waals surface area contributed by atoms with Crippen LogP contribution in [0.5, 0.6) is 0 Å². The third-order valence-corrected chi connectivity index (χ3v) is 2.71. The van der Waals surface area contributed by atoms with Crippen LogP contribution in [-0.2, 0) is 0 Å². The molecule has 0 aromatic heterocycles. The van der Waals surface area contributed by atoms with Gasteiger partial charge in [0.15, 0.2) is 0 Å². The summed E-state index contributed by atoms with van der Waals surface area (Å²) in [5.74, 6) is 0. The fraction of sp³-hybridized carbons (Fsp3) is 0.833. The van der Waals surface area contributed by atoms with Gasteiger partial charge in [0.05, 0.1) is 0 Å². The first-order chi connectivity index (χ1) is 5.73. The summed E-state index contributed by atoms with van der Waals surface area (Å²) >= 11 is 0. The van der Waals surface area contributed by atoms with E-state index in [1.807, 2.05) is 0 Å². The summed E-state index contributed by atoms with van der Waals surface area (Å²) in [6.07, 6.45) is 4.65. The van der Waals surface area contributed by atoms with Crippen molar-refractivity contribution in [3.05, 3.63) is 12.2 Å². The van der Waals surface area contributed by atoms with Crippen LogP contribution in [0.25, 0.3) is 0 Å². The highest BCUT2D eigenvalue weighted by Gasteiger charge is 2.36. The molecule has 1 heterocycles. The van der Waals surface area contributed by atoms with Crippen LogP contribution >= 0.6 is 0 Å². The van der Waals surface area contributed by atoms with Gasteiger partial charge in [0, 0.05) is 18.1 Å². The Labute approximate surface area is 82.8 Å². The lowest BCUT2D eigenvalue weighted by Crippen LogP contribution is -2.49. The minimum absolute atomic E-state index is 0.279. The highest BCUT2D eigenvalue weighted by molar-refractivity contribution is 5.10. The van der Waals surface area contributed by atoms with E-state index in [-0.39, 0.29) is 5.54 Å². The normalized spacial score (nSPS) is 25.5. The van der Waals surface area contributed by atoms with Gasteiger partial charge in [-0.3, -0.25) is 4.90 Å². The van der Waals surface area contributed by atoms with Gasteiger partial charge >= 0.3 is 0 Å². The lowest BCUT2D eigenvalue weighted by molar-refractivity contribution is 0.0726. The summed E-state index contributed by atoms with van der Waals surface area (Å²) < 4.78 is 0. The largest absolute Gasteiger partial charge is 0.288 e. The van der Waals surface area contributed by atoms with Crippen LogP contribution in [0.1, 0.15) is 41.5 Å². The van der Waals surface area contributed by atoms with Crippen LogP contribution < -0.4 is 0 Å². The zero-order valence-corrected chi connectivity index (χ0v) is 9.89. The predicted octanol–water partition coefficient (Wildman–Crippen LogP) is 3.07. The van der Waals surface area contributed by atoms with Gasteiger partial charge < -0.3 is 0 Å². The average molecular weight is 181 g/mol. The molecule has 0 N–H and O–H groups in total. The molecule has 0 aromatic carbocycles. The van der Waals surface area contributed by atoms with E-state index in [9.17, 15) is 0 Å². The highest BCUT2D eigenvalue weighted by Crippen LogP contribution is 2.33. The number of hydrogen-bond acceptors (Lipinski definition) is 1. The first kappa shape index (κ1) is 10.8. The smallest absolute Gasteiger partial charge is 0.0335 e. The molecule has 76 valence electrons. The second-order valence-corrected chi connectivity index (χ2v) is 6.06. The molecule has 0 saturated heterocycles. The summed E-state index contributed by atoms with van der Waals surface area (Å²) in [5.41, 5.74) is 0.627. The summed E-state index contributed by atoms with van der Waals surface area (Å²) in [7, 11) is 0. The molecule has 0 radical (unpaired) electrons. The first-order valence-corrected chi connectivity index (χ1v) is 5.16. The Morgan fingerprint density at radius 1 is 1.08 bits per heavy atom. The molecule has 0 aromatic rings. The zero-order valence-electron chi connectivity index (χ0n) is 9.89. The third kappa shape index (κ3) is 2.34. The molecular formula is C12H23N. The Balaban J connectivity index is 2.81. The molecule has 0 amide bonds. The standard InChI is InChI=1S/C12H23N/c1-11(2,3)10-8-7-9-13(10)12(4,5)6/h7-8,10H,9H2,1-6H3/t10-/m0/s1. The molecule has 0 spiro atoms. The van der Waals surface area contributed by atoms with Crippen LogP contribution in [0.3, 0.4) is 0 Å². The minimum Gasteiger partial charge on any atom is -0.288 e. The molecule has 1 nitrogen and oxygen atoms in total. The monoisotopic (exact) mass is 181 g/mol. The summed E-state index contributed by atoms with van der Waals surface area (Å²) in [4.78, 5) is 2.56. The molecule has 0 unspecified atom stereocenters. The van der Waals surface area contributed by atoms with Gasteiger partial charge in [-0.05, 0) is 26.2 Å². The second-order valence-electron chi connectivity index (χ2n) is 6.06. The number of rotatable bonds is 0. The topological polar surface area (TPSA) is 3.24 Å². The molecule has 1 atom stereocenters. The van der Waals surface area contributed by atoms with Gasteiger partial charge in [-0.1, -0.05) is 32.9 Å². The zero-order chi connectivity index (χ0) is 10.3. The molecule has 0 aliphatic carbocycles. The van der Waals surface area contributed by atoms with E-state index >= 15 is 0 Å². The molecule has 0 fully saturated rings. The summed E-state index contributed by atoms with van der Waals surface area (Å²) in [6.45, 7) is 14.9. The summed E-state index contributed by atoms with van der Waals surface area (Å²) in [6, 6.07) is 0.590. The fourth-order valence-electron chi connectivity index (χ4n) is 1.97. The second kappa shape index (κ2) is 3.13. The van der Waals surface area contributed by atoms with Gasteiger partial charge in [-0.2, -0.15) is 0 Å². The summed E-state index contributed by atoms with van der Waals surface area (Å²) in [5, 5.41) is 0. The van der Waals surface area contributed by atoms with Crippen molar-refractivity contribution in [1.29, 1.82) is 0 Å². The Hall–Kier alpha value is -0.300.